The first-order valence-electron chi connectivity index (χ1n) is 11.1. The number of thiophene rings is 2. The Labute approximate surface area is 205 Å². The van der Waals surface area contributed by atoms with Crippen LogP contribution in [0.1, 0.15) is 32.0 Å². The van der Waals surface area contributed by atoms with Gasteiger partial charge in [-0.25, -0.2) is 4.39 Å². The molecule has 0 saturated heterocycles. The molecule has 0 aliphatic carbocycles. The Morgan fingerprint density at radius 1 is 0.912 bits per heavy atom. The summed E-state index contributed by atoms with van der Waals surface area (Å²) in [5.74, 6) is -0.367. The smallest absolute Gasteiger partial charge is 0.182 e. The maximum atomic E-state index is 13.7. The lowest BCUT2D eigenvalue weighted by Gasteiger charge is -2.14. The zero-order chi connectivity index (χ0) is 24.1. The molecular weight excluding hydrogens is 474 g/mol. The summed E-state index contributed by atoms with van der Waals surface area (Å²) in [6, 6.07) is 13.6. The second kappa shape index (κ2) is 11.3. The van der Waals surface area contributed by atoms with E-state index in [1.807, 2.05) is 41.8 Å². The van der Waals surface area contributed by atoms with E-state index >= 15 is 0 Å². The molecule has 2 aromatic heterocycles. The van der Waals surface area contributed by atoms with Crippen molar-refractivity contribution in [2.24, 2.45) is 0 Å². The molecule has 8 heteroatoms. The summed E-state index contributed by atoms with van der Waals surface area (Å²) in [6.45, 7) is -0.871. The van der Waals surface area contributed by atoms with Gasteiger partial charge in [0.05, 0.1) is 18.8 Å². The predicted molar refractivity (Wildman–Crippen MR) is 137 cm³/mol. The van der Waals surface area contributed by atoms with Gasteiger partial charge in [-0.3, -0.25) is 14.0 Å². The summed E-state index contributed by atoms with van der Waals surface area (Å²) in [6.07, 6.45) is 0.779. The van der Waals surface area contributed by atoms with Crippen molar-refractivity contribution in [3.05, 3.63) is 69.9 Å². The molecular formula is C26H26F2N2O2S2. The van der Waals surface area contributed by atoms with Crippen LogP contribution < -0.4 is 10.6 Å². The first-order valence-corrected chi connectivity index (χ1v) is 12.8. The van der Waals surface area contributed by atoms with E-state index in [2.05, 4.69) is 10.6 Å². The first kappa shape index (κ1) is 24.6. The van der Waals surface area contributed by atoms with E-state index in [0.29, 0.717) is 24.1 Å². The molecule has 4 aromatic rings. The number of hydrogen-bond acceptors (Lipinski definition) is 6. The van der Waals surface area contributed by atoms with Crippen LogP contribution in [0.15, 0.2) is 53.9 Å². The first-order chi connectivity index (χ1) is 16.5. The quantitative estimate of drug-likeness (QED) is 0.249. The standard InChI is InChI=1S/C26H26F2N2O2S2/c1-29-21(6-9-27)25(31)19-5-3-17-12-20(34-24(17)14-19)7-10-30-22(15-28)26(32)18-4-2-16-8-11-33-23(16)13-18/h2-5,8,11-14,21-22,29-30H,6-7,9-10,15H2,1H3. The molecule has 0 aliphatic heterocycles. The molecule has 2 aromatic carbocycles. The Hall–Kier alpha value is -2.52. The van der Waals surface area contributed by atoms with E-state index in [4.69, 9.17) is 0 Å². The lowest BCUT2D eigenvalue weighted by Crippen LogP contribution is -2.39. The average Bonchev–Trinajstić information content (AvgIpc) is 3.49. The average molecular weight is 501 g/mol. The van der Waals surface area contributed by atoms with Crippen LogP contribution in [-0.2, 0) is 6.42 Å². The van der Waals surface area contributed by atoms with Gasteiger partial charge in [0.1, 0.15) is 6.67 Å². The number of carbonyl (C=O) groups excluding carboxylic acids is 2. The van der Waals surface area contributed by atoms with Crippen LogP contribution in [0, 0.1) is 0 Å². The summed E-state index contributed by atoms with van der Waals surface area (Å²) < 4.78 is 28.4. The van der Waals surface area contributed by atoms with Crippen molar-refractivity contribution in [1.82, 2.24) is 10.6 Å². The molecule has 0 bridgehead atoms. The fraction of sp³-hybridized carbons (Fsp3) is 0.308. The minimum Gasteiger partial charge on any atom is -0.310 e. The van der Waals surface area contributed by atoms with Crippen LogP contribution in [-0.4, -0.2) is 50.6 Å². The van der Waals surface area contributed by atoms with Gasteiger partial charge in [-0.05, 0) is 60.3 Å². The van der Waals surface area contributed by atoms with Crippen LogP contribution in [0.4, 0.5) is 8.78 Å². The molecule has 178 valence electrons. The van der Waals surface area contributed by atoms with Gasteiger partial charge in [-0.2, -0.15) is 0 Å². The monoisotopic (exact) mass is 500 g/mol. The lowest BCUT2D eigenvalue weighted by molar-refractivity contribution is 0.0924. The Balaban J connectivity index is 1.39. The number of likely N-dealkylation sites (N-methyl/N-ethyl adjacent to an activating group) is 1. The number of halogens is 2. The van der Waals surface area contributed by atoms with Crippen LogP contribution >= 0.6 is 22.7 Å². The number of ketones is 2. The second-order valence-electron chi connectivity index (χ2n) is 8.10. The zero-order valence-corrected chi connectivity index (χ0v) is 20.4. The van der Waals surface area contributed by atoms with E-state index in [9.17, 15) is 18.4 Å². The highest BCUT2D eigenvalue weighted by Crippen LogP contribution is 2.28. The minimum atomic E-state index is -0.884. The third-order valence-corrected chi connectivity index (χ3v) is 7.93. The Morgan fingerprint density at radius 3 is 2.32 bits per heavy atom. The van der Waals surface area contributed by atoms with Crippen molar-refractivity contribution in [1.29, 1.82) is 0 Å². The fourth-order valence-electron chi connectivity index (χ4n) is 3.98. The Kier molecular flexibility index (Phi) is 8.15. The van der Waals surface area contributed by atoms with Crippen LogP contribution in [0.5, 0.6) is 0 Å². The molecule has 2 atom stereocenters. The van der Waals surface area contributed by atoms with Crippen molar-refractivity contribution in [3.63, 3.8) is 0 Å². The van der Waals surface area contributed by atoms with Gasteiger partial charge in [-0.15, -0.1) is 22.7 Å². The highest BCUT2D eigenvalue weighted by atomic mass is 32.1. The third kappa shape index (κ3) is 5.41. The molecule has 0 aliphatic rings. The van der Waals surface area contributed by atoms with Gasteiger partial charge in [0.15, 0.2) is 11.6 Å². The van der Waals surface area contributed by atoms with Gasteiger partial charge in [0.2, 0.25) is 0 Å². The molecule has 4 nitrogen and oxygen atoms in total. The highest BCUT2D eigenvalue weighted by molar-refractivity contribution is 7.19. The summed E-state index contributed by atoms with van der Waals surface area (Å²) in [4.78, 5) is 26.5. The Bertz CT molecular complexity index is 1300. The van der Waals surface area contributed by atoms with Crippen LogP contribution in [0.2, 0.25) is 0 Å². The van der Waals surface area contributed by atoms with Gasteiger partial charge < -0.3 is 10.6 Å². The number of Topliss-reactive ketones (excluding diaryl/α,β-unsaturated/α-hetero) is 2. The van der Waals surface area contributed by atoms with Crippen molar-refractivity contribution in [3.8, 4) is 0 Å². The van der Waals surface area contributed by atoms with Gasteiger partial charge in [-0.1, -0.05) is 24.3 Å². The SMILES string of the molecule is CNC(CCF)C(=O)c1ccc2cc(CCNC(CF)C(=O)c3ccc4ccsc4c3)sc2c1. The number of alkyl halides is 2. The number of hydrogen-bond donors (Lipinski definition) is 2. The maximum absolute atomic E-state index is 13.7. The van der Waals surface area contributed by atoms with E-state index in [-0.39, 0.29) is 18.0 Å². The second-order valence-corrected chi connectivity index (χ2v) is 10.2. The lowest BCUT2D eigenvalue weighted by atomic mass is 10.0. The largest absolute Gasteiger partial charge is 0.310 e. The van der Waals surface area contributed by atoms with E-state index in [0.717, 1.165) is 25.0 Å². The van der Waals surface area contributed by atoms with Gasteiger partial charge in [0, 0.05) is 31.9 Å². The van der Waals surface area contributed by atoms with Crippen LogP contribution in [0.3, 0.4) is 0 Å². The van der Waals surface area contributed by atoms with E-state index in [1.165, 1.54) is 0 Å². The highest BCUT2D eigenvalue weighted by Gasteiger charge is 2.21. The minimum absolute atomic E-state index is 0.122. The van der Waals surface area contributed by atoms with Crippen molar-refractivity contribution < 1.29 is 18.4 Å². The molecule has 0 radical (unpaired) electrons. The number of benzene rings is 2. The number of fused-ring (bicyclic) bond motifs is 2. The molecule has 2 heterocycles. The molecule has 0 saturated carbocycles. The van der Waals surface area contributed by atoms with Crippen molar-refractivity contribution in [2.75, 3.05) is 26.9 Å². The summed E-state index contributed by atoms with van der Waals surface area (Å²) in [7, 11) is 1.66. The molecule has 2 N–H and O–H groups in total. The topological polar surface area (TPSA) is 58.2 Å². The summed E-state index contributed by atoms with van der Waals surface area (Å²) in [5, 5.41) is 9.99. The molecule has 4 rings (SSSR count). The number of carbonyl (C=O) groups is 2. The Morgan fingerprint density at radius 2 is 1.62 bits per heavy atom. The van der Waals surface area contributed by atoms with E-state index < -0.39 is 25.4 Å². The zero-order valence-electron chi connectivity index (χ0n) is 18.8. The van der Waals surface area contributed by atoms with E-state index in [1.54, 1.807) is 41.9 Å². The molecule has 0 spiro atoms. The number of rotatable bonds is 12. The molecule has 0 amide bonds. The molecule has 34 heavy (non-hydrogen) atoms. The van der Waals surface area contributed by atoms with Gasteiger partial charge >= 0.3 is 0 Å². The van der Waals surface area contributed by atoms with Crippen LogP contribution in [0.25, 0.3) is 20.2 Å². The molecule has 2 unspecified atom stereocenters. The van der Waals surface area contributed by atoms with Gasteiger partial charge in [0.25, 0.3) is 0 Å². The van der Waals surface area contributed by atoms with Crippen molar-refractivity contribution >= 4 is 54.4 Å². The fourth-order valence-corrected chi connectivity index (χ4v) is 5.91. The maximum Gasteiger partial charge on any atom is 0.182 e. The summed E-state index contributed by atoms with van der Waals surface area (Å²) in [5.41, 5.74) is 1.06. The molecule has 0 fully saturated rings. The van der Waals surface area contributed by atoms with Crippen molar-refractivity contribution in [2.45, 2.75) is 24.9 Å². The summed E-state index contributed by atoms with van der Waals surface area (Å²) >= 11 is 3.12. The number of nitrogens with one attached hydrogen (secondary N) is 2. The third-order valence-electron chi connectivity index (χ3n) is 5.89. The normalized spacial score (nSPS) is 13.4. The predicted octanol–water partition coefficient (Wildman–Crippen LogP) is 5.60.